The molecule has 188 valence electrons. The number of carbonyl (C=O) groups is 2. The zero-order valence-electron chi connectivity index (χ0n) is 21.5. The van der Waals surface area contributed by atoms with Gasteiger partial charge in [-0.15, -0.1) is 0 Å². The molecule has 3 amide bonds. The number of hydrogen-bond acceptors (Lipinski definition) is 3. The molecule has 0 aromatic heterocycles. The van der Waals surface area contributed by atoms with Crippen LogP contribution in [-0.2, 0) is 4.79 Å². The summed E-state index contributed by atoms with van der Waals surface area (Å²) in [6, 6.07) is 24.6. The quantitative estimate of drug-likeness (QED) is 0.407. The summed E-state index contributed by atoms with van der Waals surface area (Å²) < 4.78 is 6.02. The lowest BCUT2D eigenvalue weighted by molar-refractivity contribution is -0.127. The molecule has 3 aromatic carbocycles. The van der Waals surface area contributed by atoms with Crippen molar-refractivity contribution in [2.75, 3.05) is 23.4 Å². The van der Waals surface area contributed by atoms with Crippen LogP contribution < -0.4 is 20.3 Å². The fraction of sp³-hybridized carbons (Fsp3) is 0.333. The molecule has 1 aliphatic rings. The average Bonchev–Trinajstić information content (AvgIpc) is 2.96. The zero-order valence-corrected chi connectivity index (χ0v) is 21.5. The van der Waals surface area contributed by atoms with E-state index in [1.807, 2.05) is 97.6 Å². The van der Waals surface area contributed by atoms with Crippen LogP contribution in [0.5, 0.6) is 5.75 Å². The number of nitrogens with zero attached hydrogens (tertiary/aromatic N) is 1. The molecule has 1 aliphatic heterocycles. The van der Waals surface area contributed by atoms with Gasteiger partial charge < -0.3 is 20.3 Å². The molecule has 6 heteroatoms. The highest BCUT2D eigenvalue weighted by Gasteiger charge is 2.37. The molecular formula is C30H35N3O3. The van der Waals surface area contributed by atoms with Gasteiger partial charge in [-0.2, -0.15) is 0 Å². The van der Waals surface area contributed by atoms with Gasteiger partial charge in [-0.25, -0.2) is 4.79 Å². The minimum absolute atomic E-state index is 0.0247. The van der Waals surface area contributed by atoms with Gasteiger partial charge in [-0.3, -0.25) is 4.79 Å². The second-order valence-corrected chi connectivity index (χ2v) is 10.3. The molecule has 0 saturated heterocycles. The minimum atomic E-state index is -0.639. The Balaban J connectivity index is 1.58. The van der Waals surface area contributed by atoms with Crippen LogP contribution in [0.4, 0.5) is 16.2 Å². The highest BCUT2D eigenvalue weighted by atomic mass is 16.5. The number of rotatable bonds is 7. The summed E-state index contributed by atoms with van der Waals surface area (Å²) in [5.74, 6) is 1.13. The van der Waals surface area contributed by atoms with E-state index in [1.165, 1.54) is 0 Å². The molecule has 0 saturated carbocycles. The van der Waals surface area contributed by atoms with E-state index in [2.05, 4.69) is 24.5 Å². The number of hydrogen-bond donors (Lipinski definition) is 2. The standard InChI is InChI=1S/C30H35N3O3/c1-21(2)17-18-33-25-19-24(15-16-26(25)36-20-30(3,4)28(33)34)31-29(35)32-27(22-11-7-5-8-12-22)23-13-9-6-10-14-23/h5-16,19,21,27H,17-18,20H2,1-4H3,(H2,31,32,35). The summed E-state index contributed by atoms with van der Waals surface area (Å²) in [6.07, 6.45) is 0.870. The zero-order chi connectivity index (χ0) is 25.7. The summed E-state index contributed by atoms with van der Waals surface area (Å²) in [7, 11) is 0. The first-order valence-corrected chi connectivity index (χ1v) is 12.5. The molecule has 0 bridgehead atoms. The third-order valence-electron chi connectivity index (χ3n) is 6.39. The first kappa shape index (κ1) is 25.3. The molecule has 0 atom stereocenters. The number of urea groups is 1. The Morgan fingerprint density at radius 2 is 1.58 bits per heavy atom. The number of carbonyl (C=O) groups excluding carboxylic acids is 2. The molecule has 36 heavy (non-hydrogen) atoms. The summed E-state index contributed by atoms with van der Waals surface area (Å²) in [5, 5.41) is 6.06. The summed E-state index contributed by atoms with van der Waals surface area (Å²) >= 11 is 0. The van der Waals surface area contributed by atoms with Gasteiger partial charge in [0.25, 0.3) is 0 Å². The molecule has 4 rings (SSSR count). The Morgan fingerprint density at radius 3 is 2.17 bits per heavy atom. The van der Waals surface area contributed by atoms with Crippen molar-refractivity contribution in [2.24, 2.45) is 11.3 Å². The third kappa shape index (κ3) is 5.88. The van der Waals surface area contributed by atoms with Crippen LogP contribution in [0.1, 0.15) is 51.3 Å². The smallest absolute Gasteiger partial charge is 0.319 e. The van der Waals surface area contributed by atoms with E-state index in [1.54, 1.807) is 0 Å². The fourth-order valence-corrected chi connectivity index (χ4v) is 4.28. The predicted octanol–water partition coefficient (Wildman–Crippen LogP) is 6.40. The predicted molar refractivity (Wildman–Crippen MR) is 144 cm³/mol. The van der Waals surface area contributed by atoms with E-state index in [4.69, 9.17) is 4.74 Å². The molecule has 0 fully saturated rings. The van der Waals surface area contributed by atoms with Gasteiger partial charge in [-0.05, 0) is 55.5 Å². The van der Waals surface area contributed by atoms with Crippen molar-refractivity contribution in [3.63, 3.8) is 0 Å². The lowest BCUT2D eigenvalue weighted by Gasteiger charge is -2.29. The SMILES string of the molecule is CC(C)CCN1C(=O)C(C)(C)COc2ccc(NC(=O)NC(c3ccccc3)c3ccccc3)cc21. The van der Waals surface area contributed by atoms with Gasteiger partial charge in [0.1, 0.15) is 12.4 Å². The van der Waals surface area contributed by atoms with Crippen molar-refractivity contribution in [2.45, 2.75) is 40.2 Å². The van der Waals surface area contributed by atoms with Crippen LogP contribution in [0, 0.1) is 11.3 Å². The first-order chi connectivity index (χ1) is 17.2. The Labute approximate surface area is 213 Å². The lowest BCUT2D eigenvalue weighted by Crippen LogP contribution is -2.43. The van der Waals surface area contributed by atoms with Crippen LogP contribution >= 0.6 is 0 Å². The Hall–Kier alpha value is -3.80. The Kier molecular flexibility index (Phi) is 7.63. The van der Waals surface area contributed by atoms with Crippen molar-refractivity contribution in [3.05, 3.63) is 90.0 Å². The van der Waals surface area contributed by atoms with E-state index < -0.39 is 5.41 Å². The molecule has 1 heterocycles. The van der Waals surface area contributed by atoms with Gasteiger partial charge in [0.2, 0.25) is 5.91 Å². The number of anilines is 2. The molecule has 0 unspecified atom stereocenters. The molecule has 3 aromatic rings. The highest BCUT2D eigenvalue weighted by molar-refractivity contribution is 6.00. The Bertz CT molecular complexity index is 1150. The van der Waals surface area contributed by atoms with E-state index in [0.717, 1.165) is 17.5 Å². The van der Waals surface area contributed by atoms with E-state index >= 15 is 0 Å². The highest BCUT2D eigenvalue weighted by Crippen LogP contribution is 2.38. The van der Waals surface area contributed by atoms with Crippen LogP contribution in [0.25, 0.3) is 0 Å². The van der Waals surface area contributed by atoms with E-state index in [9.17, 15) is 9.59 Å². The monoisotopic (exact) mass is 485 g/mol. The summed E-state index contributed by atoms with van der Waals surface area (Å²) in [6.45, 7) is 9.00. The molecule has 0 radical (unpaired) electrons. The van der Waals surface area contributed by atoms with Crippen molar-refractivity contribution in [1.29, 1.82) is 0 Å². The van der Waals surface area contributed by atoms with Crippen LogP contribution in [-0.4, -0.2) is 25.1 Å². The molecular weight excluding hydrogens is 450 g/mol. The minimum Gasteiger partial charge on any atom is -0.490 e. The van der Waals surface area contributed by atoms with Gasteiger partial charge in [-0.1, -0.05) is 74.5 Å². The summed E-state index contributed by atoms with van der Waals surface area (Å²) in [5.41, 5.74) is 2.62. The van der Waals surface area contributed by atoms with Crippen LogP contribution in [0.2, 0.25) is 0 Å². The van der Waals surface area contributed by atoms with E-state index in [0.29, 0.717) is 36.2 Å². The van der Waals surface area contributed by atoms with Crippen molar-refractivity contribution in [1.82, 2.24) is 5.32 Å². The second kappa shape index (κ2) is 10.9. The normalized spacial score (nSPS) is 14.7. The van der Waals surface area contributed by atoms with Gasteiger partial charge in [0, 0.05) is 12.2 Å². The van der Waals surface area contributed by atoms with Gasteiger partial charge >= 0.3 is 6.03 Å². The molecule has 2 N–H and O–H groups in total. The van der Waals surface area contributed by atoms with Crippen molar-refractivity contribution >= 4 is 23.3 Å². The fourth-order valence-electron chi connectivity index (χ4n) is 4.28. The van der Waals surface area contributed by atoms with Crippen LogP contribution in [0.15, 0.2) is 78.9 Å². The first-order valence-electron chi connectivity index (χ1n) is 12.5. The summed E-state index contributed by atoms with van der Waals surface area (Å²) in [4.78, 5) is 28.3. The van der Waals surface area contributed by atoms with E-state index in [-0.39, 0.29) is 18.0 Å². The maximum absolute atomic E-state index is 13.4. The largest absolute Gasteiger partial charge is 0.490 e. The number of fused-ring (bicyclic) bond motifs is 1. The van der Waals surface area contributed by atoms with Gasteiger partial charge in [0.15, 0.2) is 0 Å². The maximum Gasteiger partial charge on any atom is 0.319 e. The topological polar surface area (TPSA) is 70.7 Å². The maximum atomic E-state index is 13.4. The van der Waals surface area contributed by atoms with Gasteiger partial charge in [0.05, 0.1) is 17.1 Å². The lowest BCUT2D eigenvalue weighted by atomic mass is 9.92. The third-order valence-corrected chi connectivity index (χ3v) is 6.39. The molecule has 6 nitrogen and oxygen atoms in total. The average molecular weight is 486 g/mol. The second-order valence-electron chi connectivity index (χ2n) is 10.3. The Morgan fingerprint density at radius 1 is 0.972 bits per heavy atom. The number of amides is 3. The number of benzene rings is 3. The van der Waals surface area contributed by atoms with Crippen molar-refractivity contribution in [3.8, 4) is 5.75 Å². The number of nitrogens with one attached hydrogen (secondary N) is 2. The van der Waals surface area contributed by atoms with Crippen molar-refractivity contribution < 1.29 is 14.3 Å². The number of ether oxygens (including phenoxy) is 1. The van der Waals surface area contributed by atoms with Crippen LogP contribution in [0.3, 0.4) is 0 Å². The molecule has 0 spiro atoms. The molecule has 0 aliphatic carbocycles.